The molecular weight excluding hydrogens is 2640 g/mol. The second-order valence-corrected chi connectivity index (χ2v) is 28.5. The number of aromatic nitrogens is 10. The molecule has 0 amide bonds. The molecule has 0 aliphatic carbocycles. The largest absolute Gasteiger partial charge is 2.00 e. The molecule has 0 unspecified atom stereocenters. The van der Waals surface area contributed by atoms with E-state index in [-0.39, 0.29) is 84.3 Å². The molecule has 21 rings (SSSR count). The van der Waals surface area contributed by atoms with E-state index in [1.54, 1.807) is 31.0 Å². The quantitative estimate of drug-likeness (QED) is 0.0964. The summed E-state index contributed by atoms with van der Waals surface area (Å²) in [6, 6.07) is 161. The van der Waals surface area contributed by atoms with Crippen molar-refractivity contribution in [2.24, 2.45) is 0 Å². The summed E-state index contributed by atoms with van der Waals surface area (Å²) in [4.78, 5) is 44.8. The van der Waals surface area contributed by atoms with Crippen molar-refractivity contribution in [3.63, 3.8) is 0 Å². The van der Waals surface area contributed by atoms with Gasteiger partial charge >= 0.3 is 120 Å². The Morgan fingerprint density at radius 2 is 0.486 bits per heavy atom. The maximum Gasteiger partial charge on any atom is 2.00 e. The van der Waals surface area contributed by atoms with E-state index in [1.807, 2.05) is 384 Å². The molecule has 0 atom stereocenters. The second kappa shape index (κ2) is 59.4. The fraction of sp³-hybridized carbons (Fsp3) is 0.0345. The third-order valence-electron chi connectivity index (χ3n) is 18.9. The Hall–Kier alpha value is -13.6. The number of rotatable bonds is 10. The first-order chi connectivity index (χ1) is 65.6. The molecule has 10 heterocycles. The van der Waals surface area contributed by atoms with Crippen LogP contribution in [0.25, 0.3) is 135 Å². The first kappa shape index (κ1) is 110. The minimum Gasteiger partial charge on any atom is -0.295 e. The SMILES string of the molecule is Cc1[c-]c(C)ccc1.FC(F)(F)c1[c-]c(C(F)(F)F)ccc1.[F][Pt+].[Pt+2].[Pt+2].[Pt+2].[Pt+2].[c-]1cc2ccccc2cc1-c1cccc(-c2ccccn2)n1.[c-]1cccc2ccccc12.[c-]1ccccc1.[c-]1ccccc1-c1cccc(-c2ccccn2)n1.[c-]1ccccc1-c1cccc(-c2ccccn2)n1.[c-]1ccccc1-c1cccc(-c2ccccn2)n1.[c-]1ccccc1-c1cccc(-c2ccccn2)n1. The molecule has 0 saturated carbocycles. The molecule has 10 nitrogen and oxygen atoms in total. The number of alkyl halides is 6. The van der Waals surface area contributed by atoms with Crippen molar-refractivity contribution in [3.05, 3.63) is 532 Å². The fourth-order valence-electron chi connectivity index (χ4n) is 12.6. The minimum atomic E-state index is -4.80. The van der Waals surface area contributed by atoms with E-state index in [9.17, 15) is 29.5 Å². The predicted octanol–water partition coefficient (Wildman–Crippen LogP) is 29.4. The zero-order valence-corrected chi connectivity index (χ0v) is 84.9. The van der Waals surface area contributed by atoms with Gasteiger partial charge < -0.3 is 0 Å². The molecule has 0 N–H and O–H groups in total. The molecule has 0 radical (unpaired) electrons. The first-order valence-corrected chi connectivity index (χ1v) is 42.7. The molecule has 0 spiro atoms. The Balaban J connectivity index is 0.000000193. The maximum absolute atomic E-state index is 12.0. The zero-order chi connectivity index (χ0) is 93.6. The summed E-state index contributed by atoms with van der Waals surface area (Å²) in [5.41, 5.74) is 17.9. The van der Waals surface area contributed by atoms with Crippen LogP contribution in [0.5, 0.6) is 0 Å². The van der Waals surface area contributed by atoms with Crippen LogP contribution in [0.2, 0.25) is 0 Å². The van der Waals surface area contributed by atoms with Crippen LogP contribution < -0.4 is 0 Å². The van der Waals surface area contributed by atoms with Gasteiger partial charge in [-0.1, -0.05) is 158 Å². The summed E-state index contributed by atoms with van der Waals surface area (Å²) in [5, 5.41) is 4.82. The molecule has 694 valence electrons. The van der Waals surface area contributed by atoms with E-state index in [0.717, 1.165) is 113 Å². The van der Waals surface area contributed by atoms with Gasteiger partial charge in [0.1, 0.15) is 0 Å². The number of halogens is 7. The monoisotopic (exact) mass is 2720 g/mol. The maximum atomic E-state index is 12.0. The summed E-state index contributed by atoms with van der Waals surface area (Å²) in [7, 11) is 0. The Bertz CT molecular complexity index is 6190. The summed E-state index contributed by atoms with van der Waals surface area (Å²) in [6.45, 7) is 4.10. The normalized spacial score (nSPS) is 10.0. The first-order valence-electron chi connectivity index (χ1n) is 41.8. The minimum absolute atomic E-state index is 0. The van der Waals surface area contributed by atoms with E-state index in [2.05, 4.69) is 130 Å². The number of pyridine rings is 10. The van der Waals surface area contributed by atoms with Crippen LogP contribution in [-0.4, -0.2) is 49.8 Å². The molecule has 21 aromatic rings. The Morgan fingerprint density at radius 3 is 0.768 bits per heavy atom. The molecule has 0 aliphatic rings. The molecule has 138 heavy (non-hydrogen) atoms. The third-order valence-corrected chi connectivity index (χ3v) is 18.9. The Morgan fingerprint density at radius 1 is 0.217 bits per heavy atom. The molecule has 0 bridgehead atoms. The topological polar surface area (TPSA) is 129 Å². The van der Waals surface area contributed by atoms with Gasteiger partial charge in [0.25, 0.3) is 0 Å². The standard InChI is InChI=1S/C20H13N2.4C16H11N2.C10H7.C8H3F6.C8H9.C6H5.FH.5Pt/c1-2-7-16-14-17(12-11-15(16)6-1)18-9-5-10-20(22-18)19-8-3-4-13-21-19;4*1-2-7-13(8-3-1)14-10-6-11-16(18-14)15-9-4-5-12-17-15;1-2-6-10-8-4-3-7-9(10)5-1;9-7(10,11)5-2-1-3-6(4-5)8(12,13)14;1-7-4-3-5-8(2)6-7;1-2-4-6-5-3-1;;;;;;/h1-11,13-14H;4*1-7,9-12H;1-7H;1-3H;3-5H,1-2H3;1-5H;1H;;;;;/q9*-1;;5*+2/p-1. The van der Waals surface area contributed by atoms with Crippen molar-refractivity contribution in [1.82, 2.24) is 49.8 Å². The number of aryl methyl sites for hydroxylation is 2. The van der Waals surface area contributed by atoms with Gasteiger partial charge in [-0.05, 0) is 119 Å². The van der Waals surface area contributed by atoms with Gasteiger partial charge in [-0.3, -0.25) is 49.8 Å². The molecule has 0 fully saturated rings. The van der Waals surface area contributed by atoms with E-state index in [1.165, 1.54) is 38.7 Å². The van der Waals surface area contributed by atoms with Gasteiger partial charge in [0.15, 0.2) is 0 Å². The van der Waals surface area contributed by atoms with Crippen molar-refractivity contribution in [1.29, 1.82) is 0 Å². The van der Waals surface area contributed by atoms with Crippen molar-refractivity contribution >= 4 is 21.5 Å². The van der Waals surface area contributed by atoms with Gasteiger partial charge in [0.2, 0.25) is 0 Å². The summed E-state index contributed by atoms with van der Waals surface area (Å²) < 4.78 is 81.2. The van der Waals surface area contributed by atoms with Gasteiger partial charge in [-0.25, -0.2) is 0 Å². The molecule has 0 aliphatic heterocycles. The van der Waals surface area contributed by atoms with Gasteiger partial charge in [0, 0.05) is 31.0 Å². The number of benzene rings is 11. The Kier molecular flexibility index (Phi) is 47.2. The number of fused-ring (bicyclic) bond motifs is 2. The molecule has 11 aromatic carbocycles. The molecule has 0 saturated heterocycles. The van der Waals surface area contributed by atoms with Crippen LogP contribution >= 0.6 is 0 Å². The number of nitrogens with zero attached hydrogens (tertiary/aromatic N) is 10. The van der Waals surface area contributed by atoms with Gasteiger partial charge in [-0.2, -0.15) is 122 Å². The number of hydrogen-bond donors (Lipinski definition) is 0. The van der Waals surface area contributed by atoms with E-state index in [4.69, 9.17) is 4.98 Å². The molecular formula is C116H81F7N10Pt5. The molecule has 10 aromatic heterocycles. The van der Waals surface area contributed by atoms with E-state index < -0.39 is 23.5 Å². The summed E-state index contributed by atoms with van der Waals surface area (Å²) >= 11 is 0.639. The average Bonchev–Trinajstić information content (AvgIpc) is 0.808. The van der Waals surface area contributed by atoms with Gasteiger partial charge in [0.05, 0.1) is 56.9 Å². The predicted molar refractivity (Wildman–Crippen MR) is 515 cm³/mol. The summed E-state index contributed by atoms with van der Waals surface area (Å²) in [6.07, 6.45) is -0.721. The second-order valence-electron chi connectivity index (χ2n) is 28.5. The van der Waals surface area contributed by atoms with E-state index in [0.29, 0.717) is 38.5 Å². The van der Waals surface area contributed by atoms with Gasteiger partial charge in [-0.15, -0.1) is 220 Å². The van der Waals surface area contributed by atoms with Crippen molar-refractivity contribution in [2.45, 2.75) is 26.2 Å². The van der Waals surface area contributed by atoms with Crippen LogP contribution in [0.4, 0.5) is 29.5 Å². The third kappa shape index (κ3) is 35.8. The Labute approximate surface area is 869 Å². The van der Waals surface area contributed by atoms with Crippen LogP contribution in [0.3, 0.4) is 0 Å². The smallest absolute Gasteiger partial charge is 0.295 e. The molecule has 22 heteroatoms. The fourth-order valence-corrected chi connectivity index (χ4v) is 12.6. The van der Waals surface area contributed by atoms with E-state index >= 15 is 0 Å². The van der Waals surface area contributed by atoms with Crippen LogP contribution in [-0.2, 0) is 117 Å². The van der Waals surface area contributed by atoms with Crippen LogP contribution in [0.1, 0.15) is 22.3 Å². The van der Waals surface area contributed by atoms with Crippen LogP contribution in [0.15, 0.2) is 456 Å². The summed E-state index contributed by atoms with van der Waals surface area (Å²) in [5.74, 6) is 0. The van der Waals surface area contributed by atoms with Crippen molar-refractivity contribution in [3.8, 4) is 113 Å². The van der Waals surface area contributed by atoms with Crippen LogP contribution in [0, 0.1) is 68.4 Å². The zero-order valence-electron chi connectivity index (χ0n) is 73.5. The van der Waals surface area contributed by atoms with Crippen molar-refractivity contribution in [2.75, 3.05) is 0 Å². The van der Waals surface area contributed by atoms with Crippen molar-refractivity contribution < 1.29 is 134 Å². The number of hydrogen-bond acceptors (Lipinski definition) is 10. The average molecular weight is 2720 g/mol.